The fourth-order valence-electron chi connectivity index (χ4n) is 3.17. The quantitative estimate of drug-likeness (QED) is 0.766. The van der Waals surface area contributed by atoms with Gasteiger partial charge in [-0.3, -0.25) is 0 Å². The number of piperazine rings is 1. The summed E-state index contributed by atoms with van der Waals surface area (Å²) in [6, 6.07) is 4.37. The van der Waals surface area contributed by atoms with Crippen molar-refractivity contribution in [1.82, 2.24) is 5.32 Å². The summed E-state index contributed by atoms with van der Waals surface area (Å²) < 4.78 is 13.4. The molecule has 2 heterocycles. The largest absolute Gasteiger partial charge is 0.363 e. The molecule has 17 heavy (non-hydrogen) atoms. The van der Waals surface area contributed by atoms with Crippen LogP contribution in [0.25, 0.3) is 0 Å². The standard InChI is InChI=1S/C13H17FN2.ClH/c1-8-3-11(14)4-10-5-12-7-15-6-9(2)16(12)13(8)10;/h3-4,9,12,15H,5-7H2,1-2H3;1H/t9-,12+;/m1./s1. The van der Waals surface area contributed by atoms with Gasteiger partial charge in [0.05, 0.1) is 0 Å². The van der Waals surface area contributed by atoms with Gasteiger partial charge >= 0.3 is 0 Å². The van der Waals surface area contributed by atoms with Gasteiger partial charge in [0.15, 0.2) is 0 Å². The van der Waals surface area contributed by atoms with E-state index < -0.39 is 0 Å². The number of halogens is 2. The summed E-state index contributed by atoms with van der Waals surface area (Å²) in [7, 11) is 0. The Hall–Kier alpha value is -0.800. The number of hydrogen-bond donors (Lipinski definition) is 1. The smallest absolute Gasteiger partial charge is 0.123 e. The molecular weight excluding hydrogens is 239 g/mol. The van der Waals surface area contributed by atoms with E-state index in [1.165, 1.54) is 11.3 Å². The van der Waals surface area contributed by atoms with Crippen molar-refractivity contribution in [3.05, 3.63) is 29.1 Å². The van der Waals surface area contributed by atoms with E-state index in [0.717, 1.165) is 25.1 Å². The van der Waals surface area contributed by atoms with Crippen molar-refractivity contribution in [1.29, 1.82) is 0 Å². The van der Waals surface area contributed by atoms with E-state index in [-0.39, 0.29) is 18.2 Å². The molecule has 0 amide bonds. The Kier molecular flexibility index (Phi) is 3.32. The molecule has 2 nitrogen and oxygen atoms in total. The molecule has 0 unspecified atom stereocenters. The molecule has 1 aromatic carbocycles. The summed E-state index contributed by atoms with van der Waals surface area (Å²) >= 11 is 0. The van der Waals surface area contributed by atoms with Crippen molar-refractivity contribution in [3.63, 3.8) is 0 Å². The molecule has 0 radical (unpaired) electrons. The highest BCUT2D eigenvalue weighted by molar-refractivity contribution is 5.85. The van der Waals surface area contributed by atoms with Crippen LogP contribution in [0, 0.1) is 12.7 Å². The molecule has 2 aliphatic heterocycles. The average molecular weight is 257 g/mol. The van der Waals surface area contributed by atoms with Gasteiger partial charge in [-0.15, -0.1) is 12.4 Å². The van der Waals surface area contributed by atoms with Crippen LogP contribution >= 0.6 is 12.4 Å². The third-order valence-corrected chi connectivity index (χ3v) is 3.75. The molecule has 0 aliphatic carbocycles. The van der Waals surface area contributed by atoms with Crippen LogP contribution in [0.5, 0.6) is 0 Å². The number of fused-ring (bicyclic) bond motifs is 3. The lowest BCUT2D eigenvalue weighted by Gasteiger charge is -2.39. The normalized spacial score (nSPS) is 26.2. The minimum atomic E-state index is -0.100. The zero-order valence-corrected chi connectivity index (χ0v) is 11.0. The zero-order valence-electron chi connectivity index (χ0n) is 10.2. The Morgan fingerprint density at radius 1 is 1.35 bits per heavy atom. The van der Waals surface area contributed by atoms with Gasteiger partial charge in [-0.2, -0.15) is 0 Å². The fourth-order valence-corrected chi connectivity index (χ4v) is 3.17. The van der Waals surface area contributed by atoms with Gasteiger partial charge in [0, 0.05) is 30.9 Å². The Morgan fingerprint density at radius 2 is 2.12 bits per heavy atom. The molecule has 2 atom stereocenters. The van der Waals surface area contributed by atoms with Crippen molar-refractivity contribution in [2.45, 2.75) is 32.4 Å². The van der Waals surface area contributed by atoms with Crippen LogP contribution in [0.4, 0.5) is 10.1 Å². The van der Waals surface area contributed by atoms with Gasteiger partial charge in [0.2, 0.25) is 0 Å². The van der Waals surface area contributed by atoms with E-state index in [4.69, 9.17) is 0 Å². The molecule has 3 rings (SSSR count). The van der Waals surface area contributed by atoms with E-state index in [0.29, 0.717) is 12.1 Å². The number of aryl methyl sites for hydroxylation is 1. The van der Waals surface area contributed by atoms with E-state index in [9.17, 15) is 4.39 Å². The first kappa shape index (κ1) is 12.7. The van der Waals surface area contributed by atoms with Gasteiger partial charge < -0.3 is 10.2 Å². The van der Waals surface area contributed by atoms with Crippen LogP contribution in [0.1, 0.15) is 18.1 Å². The molecule has 0 spiro atoms. The predicted molar refractivity (Wildman–Crippen MR) is 70.7 cm³/mol. The van der Waals surface area contributed by atoms with Crippen LogP contribution in [-0.2, 0) is 6.42 Å². The molecule has 1 fully saturated rings. The lowest BCUT2D eigenvalue weighted by molar-refractivity contribution is 0.429. The van der Waals surface area contributed by atoms with Crippen molar-refractivity contribution >= 4 is 18.1 Å². The molecule has 1 aromatic rings. The zero-order chi connectivity index (χ0) is 11.3. The second kappa shape index (κ2) is 4.46. The summed E-state index contributed by atoms with van der Waals surface area (Å²) in [5.41, 5.74) is 3.53. The van der Waals surface area contributed by atoms with Crippen molar-refractivity contribution in [3.8, 4) is 0 Å². The second-order valence-corrected chi connectivity index (χ2v) is 5.00. The highest BCUT2D eigenvalue weighted by Crippen LogP contribution is 2.38. The SMILES string of the molecule is Cc1cc(F)cc2c1N1[C@H](CNC[C@H]1C)C2.Cl. The second-order valence-electron chi connectivity index (χ2n) is 5.00. The maximum Gasteiger partial charge on any atom is 0.123 e. The molecular formula is C13H18ClFN2. The van der Waals surface area contributed by atoms with Crippen molar-refractivity contribution in [2.24, 2.45) is 0 Å². The average Bonchev–Trinajstić information content (AvgIpc) is 2.56. The maximum atomic E-state index is 13.4. The van der Waals surface area contributed by atoms with Crippen LogP contribution in [-0.4, -0.2) is 25.2 Å². The molecule has 1 N–H and O–H groups in total. The number of nitrogens with zero attached hydrogens (tertiary/aromatic N) is 1. The Bertz CT molecular complexity index is 436. The molecule has 0 bridgehead atoms. The number of anilines is 1. The monoisotopic (exact) mass is 256 g/mol. The molecule has 2 aliphatic rings. The summed E-state index contributed by atoms with van der Waals surface area (Å²) in [6.07, 6.45) is 0.977. The van der Waals surface area contributed by atoms with Crippen molar-refractivity contribution < 1.29 is 4.39 Å². The van der Waals surface area contributed by atoms with E-state index in [1.54, 1.807) is 12.1 Å². The number of hydrogen-bond acceptors (Lipinski definition) is 2. The number of benzene rings is 1. The maximum absolute atomic E-state index is 13.4. The van der Waals surface area contributed by atoms with Gasteiger partial charge in [-0.1, -0.05) is 0 Å². The summed E-state index contributed by atoms with van der Waals surface area (Å²) in [5, 5.41) is 3.44. The summed E-state index contributed by atoms with van der Waals surface area (Å²) in [5.74, 6) is -0.100. The lowest BCUT2D eigenvalue weighted by Crippen LogP contribution is -2.55. The molecule has 0 saturated carbocycles. The Morgan fingerprint density at radius 3 is 2.88 bits per heavy atom. The molecule has 4 heteroatoms. The topological polar surface area (TPSA) is 15.3 Å². The third kappa shape index (κ3) is 1.91. The van der Waals surface area contributed by atoms with Crippen LogP contribution in [0.3, 0.4) is 0 Å². The highest BCUT2D eigenvalue weighted by Gasteiger charge is 2.36. The number of rotatable bonds is 0. The predicted octanol–water partition coefficient (Wildman–Crippen LogP) is 2.28. The minimum Gasteiger partial charge on any atom is -0.363 e. The first-order valence-corrected chi connectivity index (χ1v) is 5.95. The van der Waals surface area contributed by atoms with Crippen LogP contribution in [0.2, 0.25) is 0 Å². The van der Waals surface area contributed by atoms with Gasteiger partial charge in [-0.05, 0) is 43.5 Å². The van der Waals surface area contributed by atoms with E-state index in [1.807, 2.05) is 6.92 Å². The van der Waals surface area contributed by atoms with Crippen LogP contribution < -0.4 is 10.2 Å². The molecule has 1 saturated heterocycles. The third-order valence-electron chi connectivity index (χ3n) is 3.75. The first-order chi connectivity index (χ1) is 7.66. The molecule has 0 aromatic heterocycles. The Labute approximate surface area is 108 Å². The van der Waals surface area contributed by atoms with Gasteiger partial charge in [0.1, 0.15) is 5.82 Å². The van der Waals surface area contributed by atoms with E-state index >= 15 is 0 Å². The molecule has 94 valence electrons. The fraction of sp³-hybridized carbons (Fsp3) is 0.538. The van der Waals surface area contributed by atoms with Gasteiger partial charge in [-0.25, -0.2) is 4.39 Å². The van der Waals surface area contributed by atoms with E-state index in [2.05, 4.69) is 17.1 Å². The van der Waals surface area contributed by atoms with Crippen LogP contribution in [0.15, 0.2) is 12.1 Å². The highest BCUT2D eigenvalue weighted by atomic mass is 35.5. The summed E-state index contributed by atoms with van der Waals surface area (Å²) in [4.78, 5) is 2.47. The summed E-state index contributed by atoms with van der Waals surface area (Å²) in [6.45, 7) is 6.28. The lowest BCUT2D eigenvalue weighted by atomic mass is 10.1. The van der Waals surface area contributed by atoms with Gasteiger partial charge in [0.25, 0.3) is 0 Å². The first-order valence-electron chi connectivity index (χ1n) is 5.95. The number of nitrogens with one attached hydrogen (secondary N) is 1. The minimum absolute atomic E-state index is 0. The van der Waals surface area contributed by atoms with Crippen molar-refractivity contribution in [2.75, 3.05) is 18.0 Å². The Balaban J connectivity index is 0.00000108.